The molecule has 0 aromatic carbocycles. The van der Waals surface area contributed by atoms with Crippen LogP contribution in [0, 0.1) is 5.92 Å². The average Bonchev–Trinajstić information content (AvgIpc) is 2.78. The summed E-state index contributed by atoms with van der Waals surface area (Å²) in [5, 5.41) is 14.5. The number of aliphatic hydroxyl groups excluding tert-OH is 1. The van der Waals surface area contributed by atoms with Gasteiger partial charge in [0, 0.05) is 11.5 Å². The third-order valence-corrected chi connectivity index (χ3v) is 5.76. The first kappa shape index (κ1) is 26.4. The van der Waals surface area contributed by atoms with Gasteiger partial charge in [-0.2, -0.15) is 0 Å². The maximum Gasteiger partial charge on any atom is 0.308 e. The second-order valence-corrected chi connectivity index (χ2v) is 8.26. The number of methoxy groups -OCH3 is 1. The third-order valence-electron chi connectivity index (χ3n) is 5.76. The Morgan fingerprint density at radius 3 is 2.66 bits per heavy atom. The molecule has 2 aliphatic rings. The topological polar surface area (TPSA) is 132 Å². The number of esters is 1. The van der Waals surface area contributed by atoms with Gasteiger partial charge in [0.1, 0.15) is 6.10 Å². The number of aliphatic hydroxyl groups is 1. The molecular formula is C22H37N3O7. The first-order valence-corrected chi connectivity index (χ1v) is 11.5. The van der Waals surface area contributed by atoms with E-state index >= 15 is 0 Å². The highest BCUT2D eigenvalue weighted by atomic mass is 16.7. The molecule has 0 bridgehead atoms. The summed E-state index contributed by atoms with van der Waals surface area (Å²) in [6, 6.07) is -0.748. The van der Waals surface area contributed by atoms with Gasteiger partial charge in [-0.25, -0.2) is 0 Å². The van der Waals surface area contributed by atoms with Crippen LogP contribution >= 0.6 is 0 Å². The summed E-state index contributed by atoms with van der Waals surface area (Å²) < 4.78 is 28.9. The monoisotopic (exact) mass is 455 g/mol. The summed E-state index contributed by atoms with van der Waals surface area (Å²) in [5.41, 5.74) is 9.01. The molecule has 2 rings (SSSR count). The lowest BCUT2D eigenvalue weighted by molar-refractivity contribution is -0.238. The predicted molar refractivity (Wildman–Crippen MR) is 116 cm³/mol. The van der Waals surface area contributed by atoms with E-state index < -0.39 is 36.4 Å². The van der Waals surface area contributed by atoms with E-state index in [9.17, 15) is 9.90 Å². The molecule has 0 spiro atoms. The van der Waals surface area contributed by atoms with Crippen LogP contribution in [0.1, 0.15) is 59.3 Å². The van der Waals surface area contributed by atoms with Crippen LogP contribution in [0.2, 0.25) is 0 Å². The largest absolute Gasteiger partial charge is 0.493 e. The van der Waals surface area contributed by atoms with Gasteiger partial charge in [0.2, 0.25) is 6.29 Å². The van der Waals surface area contributed by atoms with Crippen LogP contribution in [0.5, 0.6) is 0 Å². The van der Waals surface area contributed by atoms with Gasteiger partial charge >= 0.3 is 5.97 Å². The lowest BCUT2D eigenvalue weighted by atomic mass is 9.82. The number of hydrogen-bond acceptors (Lipinski definition) is 8. The highest BCUT2D eigenvalue weighted by Crippen LogP contribution is 2.34. The van der Waals surface area contributed by atoms with E-state index in [-0.39, 0.29) is 25.0 Å². The van der Waals surface area contributed by atoms with Crippen LogP contribution in [0.4, 0.5) is 0 Å². The molecule has 32 heavy (non-hydrogen) atoms. The highest BCUT2D eigenvalue weighted by Gasteiger charge is 2.43. The van der Waals surface area contributed by atoms with Gasteiger partial charge in [0.15, 0.2) is 5.76 Å². The molecule has 0 aromatic heterocycles. The fourth-order valence-electron chi connectivity index (χ4n) is 3.88. The third kappa shape index (κ3) is 7.35. The molecule has 7 atom stereocenters. The minimum atomic E-state index is -1.03. The minimum Gasteiger partial charge on any atom is -0.493 e. The number of carbonyl (C=O) groups is 1. The number of unbranched alkanes of at least 4 members (excludes halogenated alkanes) is 2. The van der Waals surface area contributed by atoms with E-state index in [4.69, 9.17) is 29.2 Å². The van der Waals surface area contributed by atoms with Crippen LogP contribution in [-0.4, -0.2) is 68.1 Å². The zero-order valence-corrected chi connectivity index (χ0v) is 19.5. The van der Waals surface area contributed by atoms with Gasteiger partial charge in [0.25, 0.3) is 0 Å². The Bertz CT molecular complexity index is 668. The molecule has 1 saturated carbocycles. The van der Waals surface area contributed by atoms with Crippen molar-refractivity contribution in [2.75, 3.05) is 20.3 Å². The van der Waals surface area contributed by atoms with Crippen molar-refractivity contribution in [1.82, 2.24) is 0 Å². The van der Waals surface area contributed by atoms with Crippen LogP contribution in [-0.2, 0) is 28.5 Å². The van der Waals surface area contributed by atoms with Crippen molar-refractivity contribution in [3.8, 4) is 0 Å². The van der Waals surface area contributed by atoms with Crippen molar-refractivity contribution in [2.24, 2.45) is 11.0 Å². The molecule has 0 amide bonds. The quantitative estimate of drug-likeness (QED) is 0.156. The van der Waals surface area contributed by atoms with Gasteiger partial charge in [0.05, 0.1) is 44.0 Å². The van der Waals surface area contributed by atoms with Gasteiger partial charge in [-0.3, -0.25) is 4.79 Å². The SMILES string of the molecule is CCCCOC1=CC(OCCCC)C(C)OC1OC1C(O)CC(C(=O)OC)CC1N=[N+]=[N-]. The molecule has 1 aliphatic carbocycles. The molecule has 1 fully saturated rings. The van der Waals surface area contributed by atoms with Crippen LogP contribution in [0.25, 0.3) is 10.4 Å². The van der Waals surface area contributed by atoms with Gasteiger partial charge in [-0.15, -0.1) is 0 Å². The van der Waals surface area contributed by atoms with Gasteiger partial charge in [-0.05, 0) is 44.2 Å². The molecule has 0 saturated heterocycles. The Hall–Kier alpha value is -1.84. The minimum absolute atomic E-state index is 0.148. The zero-order valence-electron chi connectivity index (χ0n) is 19.5. The fraction of sp³-hybridized carbons (Fsp3) is 0.864. The molecule has 10 heteroatoms. The van der Waals surface area contributed by atoms with Crippen LogP contribution < -0.4 is 0 Å². The van der Waals surface area contributed by atoms with E-state index in [0.29, 0.717) is 19.0 Å². The standard InChI is InChI=1S/C22H37N3O7/c1-5-7-9-29-18-13-19(30-10-8-6-2)22(31-14(18)3)32-20-16(24-25-23)11-15(12-17(20)26)21(27)28-4/h13-18,20,22,26H,5-12H2,1-4H3. The Balaban J connectivity index is 2.17. The van der Waals surface area contributed by atoms with Crippen molar-refractivity contribution in [2.45, 2.75) is 96.0 Å². The molecule has 0 radical (unpaired) electrons. The maximum absolute atomic E-state index is 12.0. The second-order valence-electron chi connectivity index (χ2n) is 8.26. The summed E-state index contributed by atoms with van der Waals surface area (Å²) in [7, 11) is 1.29. The number of nitrogens with zero attached hydrogens (tertiary/aromatic N) is 3. The summed E-state index contributed by atoms with van der Waals surface area (Å²) in [5.74, 6) is -0.525. The molecule has 7 unspecified atom stereocenters. The first-order valence-electron chi connectivity index (χ1n) is 11.5. The number of carbonyl (C=O) groups excluding carboxylic acids is 1. The van der Waals surface area contributed by atoms with Crippen LogP contribution in [0.3, 0.4) is 0 Å². The number of azide groups is 1. The zero-order chi connectivity index (χ0) is 23.5. The maximum atomic E-state index is 12.0. The molecule has 1 aliphatic heterocycles. The fourth-order valence-corrected chi connectivity index (χ4v) is 3.88. The number of ether oxygens (including phenoxy) is 5. The Morgan fingerprint density at radius 1 is 1.28 bits per heavy atom. The number of hydrogen-bond donors (Lipinski definition) is 1. The van der Waals surface area contributed by atoms with E-state index in [1.807, 2.05) is 13.0 Å². The van der Waals surface area contributed by atoms with Gasteiger partial charge in [-0.1, -0.05) is 31.8 Å². The van der Waals surface area contributed by atoms with E-state index in [2.05, 4.69) is 23.9 Å². The van der Waals surface area contributed by atoms with Crippen molar-refractivity contribution in [1.29, 1.82) is 0 Å². The summed E-state index contributed by atoms with van der Waals surface area (Å²) >= 11 is 0. The summed E-state index contributed by atoms with van der Waals surface area (Å²) in [6.45, 7) is 7.18. The van der Waals surface area contributed by atoms with Crippen molar-refractivity contribution in [3.63, 3.8) is 0 Å². The Morgan fingerprint density at radius 2 is 2.00 bits per heavy atom. The van der Waals surface area contributed by atoms with Crippen molar-refractivity contribution < 1.29 is 33.6 Å². The molecule has 1 N–H and O–H groups in total. The Labute approximate surface area is 189 Å². The molecule has 10 nitrogen and oxygen atoms in total. The molecule has 1 heterocycles. The molecule has 182 valence electrons. The number of rotatable bonds is 12. The lowest BCUT2D eigenvalue weighted by Gasteiger charge is -2.40. The van der Waals surface area contributed by atoms with Crippen LogP contribution in [0.15, 0.2) is 16.9 Å². The van der Waals surface area contributed by atoms with E-state index in [0.717, 1.165) is 25.7 Å². The second kappa shape index (κ2) is 13.6. The van der Waals surface area contributed by atoms with E-state index in [1.165, 1.54) is 7.11 Å². The van der Waals surface area contributed by atoms with Crippen molar-refractivity contribution in [3.05, 3.63) is 22.3 Å². The normalized spacial score (nSPS) is 32.5. The highest BCUT2D eigenvalue weighted by molar-refractivity contribution is 5.72. The summed E-state index contributed by atoms with van der Waals surface area (Å²) in [4.78, 5) is 14.8. The van der Waals surface area contributed by atoms with Crippen molar-refractivity contribution >= 4 is 5.97 Å². The average molecular weight is 456 g/mol. The molecular weight excluding hydrogens is 418 g/mol. The van der Waals surface area contributed by atoms with E-state index in [1.54, 1.807) is 0 Å². The molecule has 0 aromatic rings. The smallest absolute Gasteiger partial charge is 0.308 e. The first-order chi connectivity index (χ1) is 15.4. The predicted octanol–water partition coefficient (Wildman–Crippen LogP) is 3.63. The van der Waals surface area contributed by atoms with Gasteiger partial charge < -0.3 is 28.8 Å². The summed E-state index contributed by atoms with van der Waals surface area (Å²) in [6.07, 6.45) is 2.75. The lowest BCUT2D eigenvalue weighted by Crippen LogP contribution is -2.50. The Kier molecular flexibility index (Phi) is 11.3.